The van der Waals surface area contributed by atoms with Gasteiger partial charge in [0.2, 0.25) is 0 Å². The van der Waals surface area contributed by atoms with E-state index in [1.165, 1.54) is 22.9 Å². The van der Waals surface area contributed by atoms with Crippen LogP contribution >= 0.6 is 0 Å². The summed E-state index contributed by atoms with van der Waals surface area (Å²) < 4.78 is 28.0. The maximum Gasteiger partial charge on any atom is 0.159 e. The predicted octanol–water partition coefficient (Wildman–Crippen LogP) is 7.17. The number of fused-ring (bicyclic) bond motifs is 4. The third-order valence-electron chi connectivity index (χ3n) is 5.48. The Balaban J connectivity index is 2.09. The SMILES string of the molecule is Fc1cc2cc3cccc4c5cccc6cccc(c65)c(c2cc1F)c34. The highest BCUT2D eigenvalue weighted by Crippen LogP contribution is 2.43. The normalized spacial score (nSPS) is 12.2. The molecule has 0 aliphatic heterocycles. The number of rotatable bonds is 0. The molecule has 6 aromatic rings. The number of benzene rings is 6. The molecule has 0 aliphatic carbocycles. The lowest BCUT2D eigenvalue weighted by Gasteiger charge is -2.16. The molecule has 2 heteroatoms. The fraction of sp³-hybridized carbons (Fsp3) is 0. The first-order valence-corrected chi connectivity index (χ1v) is 8.59. The molecule has 0 spiro atoms. The van der Waals surface area contributed by atoms with Gasteiger partial charge in [0.15, 0.2) is 11.6 Å². The van der Waals surface area contributed by atoms with Crippen LogP contribution in [0, 0.1) is 11.6 Å². The van der Waals surface area contributed by atoms with Crippen LogP contribution in [0.1, 0.15) is 0 Å². The molecule has 0 aromatic heterocycles. The lowest BCUT2D eigenvalue weighted by Crippen LogP contribution is -1.90. The van der Waals surface area contributed by atoms with Crippen molar-refractivity contribution in [2.75, 3.05) is 0 Å². The summed E-state index contributed by atoms with van der Waals surface area (Å²) in [4.78, 5) is 0. The molecule has 26 heavy (non-hydrogen) atoms. The van der Waals surface area contributed by atoms with Gasteiger partial charge in [-0.1, -0.05) is 54.6 Å². The second kappa shape index (κ2) is 4.67. The van der Waals surface area contributed by atoms with E-state index in [2.05, 4.69) is 36.4 Å². The summed E-state index contributed by atoms with van der Waals surface area (Å²) in [5.74, 6) is -1.62. The summed E-state index contributed by atoms with van der Waals surface area (Å²) in [5, 5.41) is 10.4. The van der Waals surface area contributed by atoms with E-state index in [9.17, 15) is 8.78 Å². The standard InChI is InChI=1S/C24H12F2/c25-20-11-15-10-14-6-3-8-17-16-7-1-4-13-5-2-9-18(22(13)16)24(23(14)17)19(15)12-21(20)26/h1-12H. The summed E-state index contributed by atoms with van der Waals surface area (Å²) in [6.45, 7) is 0. The molecule has 0 atom stereocenters. The lowest BCUT2D eigenvalue weighted by molar-refractivity contribution is 0.511. The van der Waals surface area contributed by atoms with Crippen molar-refractivity contribution in [2.24, 2.45) is 0 Å². The molecule has 0 saturated heterocycles. The summed E-state index contributed by atoms with van der Waals surface area (Å²) in [6.07, 6.45) is 0. The van der Waals surface area contributed by atoms with Crippen LogP contribution in [0.15, 0.2) is 72.8 Å². The minimum absolute atomic E-state index is 0.722. The topological polar surface area (TPSA) is 0 Å². The minimum atomic E-state index is -0.811. The van der Waals surface area contributed by atoms with Gasteiger partial charge in [0, 0.05) is 0 Å². The van der Waals surface area contributed by atoms with Crippen molar-refractivity contribution < 1.29 is 8.78 Å². The molecule has 0 amide bonds. The monoisotopic (exact) mass is 338 g/mol. The van der Waals surface area contributed by atoms with E-state index in [-0.39, 0.29) is 0 Å². The molecular formula is C24H12F2. The van der Waals surface area contributed by atoms with E-state index in [1.54, 1.807) is 0 Å². The maximum absolute atomic E-state index is 14.1. The van der Waals surface area contributed by atoms with Gasteiger partial charge in [-0.05, 0) is 72.1 Å². The van der Waals surface area contributed by atoms with Gasteiger partial charge in [0.05, 0.1) is 0 Å². The fourth-order valence-electron chi connectivity index (χ4n) is 4.45. The van der Waals surface area contributed by atoms with Crippen LogP contribution in [0.3, 0.4) is 0 Å². The minimum Gasteiger partial charge on any atom is -0.204 e. The zero-order valence-corrected chi connectivity index (χ0v) is 13.7. The Morgan fingerprint density at radius 1 is 0.423 bits per heavy atom. The van der Waals surface area contributed by atoms with E-state index in [4.69, 9.17) is 0 Å². The average molecular weight is 338 g/mol. The maximum atomic E-state index is 14.1. The first-order valence-electron chi connectivity index (χ1n) is 8.59. The molecule has 0 N–H and O–H groups in total. The predicted molar refractivity (Wildman–Crippen MR) is 105 cm³/mol. The van der Waals surface area contributed by atoms with Crippen LogP contribution in [0.25, 0.3) is 53.9 Å². The van der Waals surface area contributed by atoms with Crippen molar-refractivity contribution in [3.05, 3.63) is 84.4 Å². The van der Waals surface area contributed by atoms with Crippen LogP contribution in [0.4, 0.5) is 8.78 Å². The molecule has 6 aromatic carbocycles. The second-order valence-corrected chi connectivity index (χ2v) is 6.85. The highest BCUT2D eigenvalue weighted by Gasteiger charge is 2.16. The first-order chi connectivity index (χ1) is 12.7. The van der Waals surface area contributed by atoms with Crippen LogP contribution in [0.5, 0.6) is 0 Å². The van der Waals surface area contributed by atoms with Gasteiger partial charge < -0.3 is 0 Å². The summed E-state index contributed by atoms with van der Waals surface area (Å²) in [7, 11) is 0. The molecule has 0 heterocycles. The van der Waals surface area contributed by atoms with Crippen molar-refractivity contribution in [1.29, 1.82) is 0 Å². The summed E-state index contributed by atoms with van der Waals surface area (Å²) in [5.41, 5.74) is 0. The van der Waals surface area contributed by atoms with Gasteiger partial charge in [-0.25, -0.2) is 8.78 Å². The van der Waals surface area contributed by atoms with Gasteiger partial charge in [-0.2, -0.15) is 0 Å². The van der Waals surface area contributed by atoms with Crippen LogP contribution in [-0.4, -0.2) is 0 Å². The summed E-state index contributed by atoms with van der Waals surface area (Å²) in [6, 6.07) is 23.3. The fourth-order valence-corrected chi connectivity index (χ4v) is 4.45. The van der Waals surface area contributed by atoms with E-state index in [1.807, 2.05) is 24.3 Å². The molecule has 0 unspecified atom stereocenters. The zero-order valence-electron chi connectivity index (χ0n) is 13.7. The van der Waals surface area contributed by atoms with Crippen molar-refractivity contribution in [2.45, 2.75) is 0 Å². The summed E-state index contributed by atoms with van der Waals surface area (Å²) >= 11 is 0. The number of halogens is 2. The molecule has 0 saturated carbocycles. The van der Waals surface area contributed by atoms with Gasteiger partial charge in [-0.3, -0.25) is 0 Å². The Hall–Kier alpha value is -3.26. The van der Waals surface area contributed by atoms with Gasteiger partial charge >= 0.3 is 0 Å². The highest BCUT2D eigenvalue weighted by atomic mass is 19.2. The Kier molecular flexibility index (Phi) is 2.51. The van der Waals surface area contributed by atoms with Crippen molar-refractivity contribution in [3.63, 3.8) is 0 Å². The lowest BCUT2D eigenvalue weighted by atomic mass is 9.87. The quantitative estimate of drug-likeness (QED) is 0.203. The molecule has 0 aliphatic rings. The second-order valence-electron chi connectivity index (χ2n) is 6.85. The molecule has 0 nitrogen and oxygen atoms in total. The number of hydrogen-bond donors (Lipinski definition) is 0. The average Bonchev–Trinajstić information content (AvgIpc) is 2.66. The Morgan fingerprint density at radius 2 is 1.04 bits per heavy atom. The third kappa shape index (κ3) is 1.62. The van der Waals surface area contributed by atoms with Gasteiger partial charge in [0.25, 0.3) is 0 Å². The van der Waals surface area contributed by atoms with Crippen molar-refractivity contribution in [3.8, 4) is 0 Å². The molecule has 0 fully saturated rings. The van der Waals surface area contributed by atoms with Crippen molar-refractivity contribution >= 4 is 53.9 Å². The van der Waals surface area contributed by atoms with Crippen LogP contribution in [-0.2, 0) is 0 Å². The molecule has 0 radical (unpaired) electrons. The zero-order chi connectivity index (χ0) is 17.4. The van der Waals surface area contributed by atoms with Crippen LogP contribution < -0.4 is 0 Å². The Bertz CT molecular complexity index is 1490. The Morgan fingerprint density at radius 3 is 1.81 bits per heavy atom. The molecule has 0 bridgehead atoms. The molecule has 122 valence electrons. The van der Waals surface area contributed by atoms with Crippen LogP contribution in [0.2, 0.25) is 0 Å². The largest absolute Gasteiger partial charge is 0.204 e. The van der Waals surface area contributed by atoms with Gasteiger partial charge in [0.1, 0.15) is 0 Å². The smallest absolute Gasteiger partial charge is 0.159 e. The van der Waals surface area contributed by atoms with E-state index in [0.717, 1.165) is 43.1 Å². The molecular weight excluding hydrogens is 326 g/mol. The Labute approximate surface area is 147 Å². The molecule has 6 rings (SSSR count). The van der Waals surface area contributed by atoms with Crippen molar-refractivity contribution in [1.82, 2.24) is 0 Å². The van der Waals surface area contributed by atoms with E-state index >= 15 is 0 Å². The van der Waals surface area contributed by atoms with Gasteiger partial charge in [-0.15, -0.1) is 0 Å². The first kappa shape index (κ1) is 14.0. The van der Waals surface area contributed by atoms with E-state index < -0.39 is 11.6 Å². The van der Waals surface area contributed by atoms with E-state index in [0.29, 0.717) is 0 Å². The highest BCUT2D eigenvalue weighted by molar-refractivity contribution is 6.37. The number of hydrogen-bond acceptors (Lipinski definition) is 0. The third-order valence-corrected chi connectivity index (χ3v) is 5.48.